The maximum atomic E-state index is 12.2. The van der Waals surface area contributed by atoms with Crippen molar-refractivity contribution in [3.05, 3.63) is 35.9 Å². The molecule has 0 aromatic heterocycles. The zero-order chi connectivity index (χ0) is 15.8. The molecule has 1 aromatic carbocycles. The fourth-order valence-electron chi connectivity index (χ4n) is 2.17. The van der Waals surface area contributed by atoms with E-state index in [1.54, 1.807) is 0 Å². The lowest BCUT2D eigenvalue weighted by Gasteiger charge is -2.20. The topological polar surface area (TPSA) is 66.4 Å². The zero-order valence-electron chi connectivity index (χ0n) is 12.5. The van der Waals surface area contributed by atoms with E-state index in [4.69, 9.17) is 0 Å². The molecule has 0 saturated carbocycles. The molecule has 0 spiro atoms. The monoisotopic (exact) mass is 309 g/mol. The Hall–Kier alpha value is -1.49. The lowest BCUT2D eigenvalue weighted by Crippen LogP contribution is -2.45. The van der Waals surface area contributed by atoms with E-state index >= 15 is 0 Å². The quantitative estimate of drug-likeness (QED) is 0.646. The molecular formula is C16H23NO3S. The van der Waals surface area contributed by atoms with Crippen molar-refractivity contribution in [2.24, 2.45) is 11.8 Å². The van der Waals surface area contributed by atoms with Crippen LogP contribution in [0.2, 0.25) is 0 Å². The molecule has 116 valence electrons. The molecule has 0 heterocycles. The molecule has 5 heteroatoms. The second-order valence-electron chi connectivity index (χ2n) is 5.60. The number of carboxylic acids is 1. The number of rotatable bonds is 8. The van der Waals surface area contributed by atoms with Crippen molar-refractivity contribution >= 4 is 24.5 Å². The Morgan fingerprint density at radius 1 is 1.24 bits per heavy atom. The van der Waals surface area contributed by atoms with Crippen molar-refractivity contribution in [2.45, 2.75) is 32.7 Å². The number of carbonyl (C=O) groups is 2. The van der Waals surface area contributed by atoms with E-state index in [9.17, 15) is 14.7 Å². The van der Waals surface area contributed by atoms with Crippen molar-refractivity contribution in [1.82, 2.24) is 5.32 Å². The highest BCUT2D eigenvalue weighted by molar-refractivity contribution is 7.80. The summed E-state index contributed by atoms with van der Waals surface area (Å²) in [7, 11) is 0. The van der Waals surface area contributed by atoms with Crippen LogP contribution in [0.3, 0.4) is 0 Å². The van der Waals surface area contributed by atoms with Crippen molar-refractivity contribution in [3.8, 4) is 0 Å². The summed E-state index contributed by atoms with van der Waals surface area (Å²) < 4.78 is 0. The number of thiol groups is 1. The summed E-state index contributed by atoms with van der Waals surface area (Å²) in [6, 6.07) is 8.38. The summed E-state index contributed by atoms with van der Waals surface area (Å²) in [5.41, 5.74) is 0.886. The Morgan fingerprint density at radius 3 is 2.33 bits per heavy atom. The molecule has 1 aromatic rings. The average Bonchev–Trinajstić information content (AvgIpc) is 2.44. The minimum atomic E-state index is -1.02. The van der Waals surface area contributed by atoms with Crippen LogP contribution in [0.4, 0.5) is 0 Å². The first kappa shape index (κ1) is 17.6. The largest absolute Gasteiger partial charge is 0.480 e. The summed E-state index contributed by atoms with van der Waals surface area (Å²) in [5, 5.41) is 11.9. The average molecular weight is 309 g/mol. The van der Waals surface area contributed by atoms with Gasteiger partial charge in [0.25, 0.3) is 0 Å². The Balaban J connectivity index is 2.69. The normalized spacial score (nSPS) is 13.7. The molecule has 4 nitrogen and oxygen atoms in total. The number of carboxylic acid groups (broad SMARTS) is 1. The van der Waals surface area contributed by atoms with Gasteiger partial charge in [-0.25, -0.2) is 4.79 Å². The number of benzene rings is 1. The van der Waals surface area contributed by atoms with Crippen LogP contribution in [0.5, 0.6) is 0 Å². The number of nitrogens with one attached hydrogen (secondary N) is 1. The third-order valence-electron chi connectivity index (χ3n) is 3.24. The maximum Gasteiger partial charge on any atom is 0.326 e. The van der Waals surface area contributed by atoms with E-state index in [2.05, 4.69) is 17.9 Å². The Bertz CT molecular complexity index is 462. The number of hydrogen-bond donors (Lipinski definition) is 3. The molecular weight excluding hydrogens is 286 g/mol. The smallest absolute Gasteiger partial charge is 0.326 e. The standard InChI is InChI=1S/C16H23NO3S/c1-11(2)8-13(10-21)15(18)17-14(16(19)20)9-12-6-4-3-5-7-12/h3-7,11,13-14,21H,8-10H2,1-2H3,(H,17,18)(H,19,20)/t13-,14-/m1/s1. The third kappa shape index (κ3) is 6.21. The van der Waals surface area contributed by atoms with Crippen LogP contribution >= 0.6 is 12.6 Å². The first-order valence-corrected chi connectivity index (χ1v) is 7.75. The Kier molecular flexibility index (Phi) is 7.29. The van der Waals surface area contributed by atoms with Gasteiger partial charge >= 0.3 is 5.97 Å². The van der Waals surface area contributed by atoms with Gasteiger partial charge in [-0.2, -0.15) is 12.6 Å². The molecule has 0 radical (unpaired) electrons. The van der Waals surface area contributed by atoms with Gasteiger partial charge in [-0.3, -0.25) is 4.79 Å². The third-order valence-corrected chi connectivity index (χ3v) is 3.69. The molecule has 0 unspecified atom stereocenters. The molecule has 21 heavy (non-hydrogen) atoms. The first-order chi connectivity index (χ1) is 9.93. The van der Waals surface area contributed by atoms with E-state index in [1.807, 2.05) is 44.2 Å². The highest BCUT2D eigenvalue weighted by atomic mass is 32.1. The van der Waals surface area contributed by atoms with Crippen LogP contribution in [-0.4, -0.2) is 28.8 Å². The van der Waals surface area contributed by atoms with Crippen LogP contribution in [-0.2, 0) is 16.0 Å². The van der Waals surface area contributed by atoms with Crippen LogP contribution in [0.25, 0.3) is 0 Å². The van der Waals surface area contributed by atoms with E-state index in [0.29, 0.717) is 18.1 Å². The molecule has 0 saturated heterocycles. The Labute approximate surface area is 131 Å². The summed E-state index contributed by atoms with van der Waals surface area (Å²) in [5.74, 6) is -0.727. The van der Waals surface area contributed by atoms with E-state index < -0.39 is 12.0 Å². The van der Waals surface area contributed by atoms with E-state index in [-0.39, 0.29) is 18.2 Å². The van der Waals surface area contributed by atoms with Crippen LogP contribution in [0.15, 0.2) is 30.3 Å². The van der Waals surface area contributed by atoms with Gasteiger partial charge < -0.3 is 10.4 Å². The van der Waals surface area contributed by atoms with Gasteiger partial charge in [0.15, 0.2) is 0 Å². The van der Waals surface area contributed by atoms with Crippen molar-refractivity contribution in [1.29, 1.82) is 0 Å². The Morgan fingerprint density at radius 2 is 1.86 bits per heavy atom. The molecule has 2 atom stereocenters. The molecule has 0 aliphatic carbocycles. The van der Waals surface area contributed by atoms with Crippen molar-refractivity contribution < 1.29 is 14.7 Å². The summed E-state index contributed by atoms with van der Waals surface area (Å²) in [6.07, 6.45) is 0.982. The van der Waals surface area contributed by atoms with Gasteiger partial charge in [-0.15, -0.1) is 0 Å². The minimum absolute atomic E-state index is 0.234. The highest BCUT2D eigenvalue weighted by Gasteiger charge is 2.25. The SMILES string of the molecule is CC(C)C[C@H](CS)C(=O)N[C@H](Cc1ccccc1)C(=O)O. The summed E-state index contributed by atoms with van der Waals surface area (Å²) in [4.78, 5) is 23.5. The second-order valence-corrected chi connectivity index (χ2v) is 5.96. The van der Waals surface area contributed by atoms with E-state index in [0.717, 1.165) is 5.56 Å². The molecule has 2 N–H and O–H groups in total. The van der Waals surface area contributed by atoms with E-state index in [1.165, 1.54) is 0 Å². The van der Waals surface area contributed by atoms with Crippen LogP contribution in [0.1, 0.15) is 25.8 Å². The molecule has 1 amide bonds. The van der Waals surface area contributed by atoms with Gasteiger partial charge in [-0.1, -0.05) is 44.2 Å². The van der Waals surface area contributed by atoms with Crippen LogP contribution in [0, 0.1) is 11.8 Å². The van der Waals surface area contributed by atoms with Crippen molar-refractivity contribution in [2.75, 3.05) is 5.75 Å². The number of amides is 1. The molecule has 0 fully saturated rings. The number of carbonyl (C=O) groups excluding carboxylic acids is 1. The molecule has 0 bridgehead atoms. The second kappa shape index (κ2) is 8.72. The highest BCUT2D eigenvalue weighted by Crippen LogP contribution is 2.14. The van der Waals surface area contributed by atoms with Gasteiger partial charge in [0.1, 0.15) is 6.04 Å². The fourth-order valence-corrected chi connectivity index (χ4v) is 2.49. The van der Waals surface area contributed by atoms with Gasteiger partial charge in [0.05, 0.1) is 0 Å². The predicted molar refractivity (Wildman–Crippen MR) is 86.5 cm³/mol. The van der Waals surface area contributed by atoms with Crippen LogP contribution < -0.4 is 5.32 Å². The number of hydrogen-bond acceptors (Lipinski definition) is 3. The first-order valence-electron chi connectivity index (χ1n) is 7.12. The summed E-state index contributed by atoms with van der Waals surface area (Å²) in [6.45, 7) is 4.06. The van der Waals surface area contributed by atoms with Gasteiger partial charge in [0, 0.05) is 18.1 Å². The lowest BCUT2D eigenvalue weighted by molar-refractivity contribution is -0.142. The summed E-state index contributed by atoms with van der Waals surface area (Å²) >= 11 is 4.19. The molecule has 1 rings (SSSR count). The van der Waals surface area contributed by atoms with Gasteiger partial charge in [-0.05, 0) is 17.9 Å². The molecule has 0 aliphatic rings. The number of aliphatic carboxylic acids is 1. The predicted octanol–water partition coefficient (Wildman–Crippen LogP) is 2.39. The fraction of sp³-hybridized carbons (Fsp3) is 0.500. The van der Waals surface area contributed by atoms with Gasteiger partial charge in [0.2, 0.25) is 5.91 Å². The maximum absolute atomic E-state index is 12.2. The minimum Gasteiger partial charge on any atom is -0.480 e. The molecule has 0 aliphatic heterocycles. The zero-order valence-corrected chi connectivity index (χ0v) is 13.3. The lowest BCUT2D eigenvalue weighted by atomic mass is 9.97. The van der Waals surface area contributed by atoms with Crippen molar-refractivity contribution in [3.63, 3.8) is 0 Å².